The molecule has 0 aliphatic heterocycles. The van der Waals surface area contributed by atoms with Crippen LogP contribution in [0.4, 0.5) is 0 Å². The van der Waals surface area contributed by atoms with E-state index in [2.05, 4.69) is 97.4 Å². The van der Waals surface area contributed by atoms with Crippen molar-refractivity contribution < 1.29 is 47.5 Å². The number of unbranched alkanes of at least 4 members (excludes halogenated alkanes) is 44. The Labute approximate surface area is 578 Å². The van der Waals surface area contributed by atoms with Crippen LogP contribution in [0.3, 0.4) is 0 Å². The van der Waals surface area contributed by atoms with Crippen molar-refractivity contribution in [2.45, 2.75) is 399 Å². The second-order valence-corrected chi connectivity index (χ2v) is 28.8. The Bertz CT molecular complexity index is 1720. The maximum Gasteiger partial charge on any atom is 0.306 e. The average Bonchev–Trinajstić information content (AvgIpc) is 3.69. The molecule has 0 rings (SSSR count). The lowest BCUT2D eigenvalue weighted by Crippen LogP contribution is -3.07. The monoisotopic (exact) mass is 1310 g/mol. The summed E-state index contributed by atoms with van der Waals surface area (Å²) in [5, 5.41) is 0. The van der Waals surface area contributed by atoms with E-state index >= 15 is 0 Å². The highest BCUT2D eigenvalue weighted by Gasteiger charge is 2.24. The first-order chi connectivity index (χ1) is 45.3. The Balaban J connectivity index is 0. The predicted molar refractivity (Wildman–Crippen MR) is 400 cm³/mol. The molecule has 0 aromatic heterocycles. The molecule has 0 saturated heterocycles. The molecule has 0 heterocycles. The number of hydrogen-bond donors (Lipinski definition) is 1. The van der Waals surface area contributed by atoms with Crippen molar-refractivity contribution in [1.29, 1.82) is 0 Å². The Morgan fingerprint density at radius 1 is 0.290 bits per heavy atom. The molecule has 93 heavy (non-hydrogen) atoms. The zero-order chi connectivity index (χ0) is 68.5. The molecule has 10 nitrogen and oxygen atoms in total. The topological polar surface area (TPSA) is 110 Å². The third-order valence-electron chi connectivity index (χ3n) is 17.4. The van der Waals surface area contributed by atoms with Crippen molar-refractivity contribution in [3.05, 3.63) is 48.6 Å². The Morgan fingerprint density at radius 2 is 0.495 bits per heavy atom. The zero-order valence-electron chi connectivity index (χ0n) is 63.4. The van der Waals surface area contributed by atoms with Gasteiger partial charge in [-0.3, -0.25) is 19.2 Å². The van der Waals surface area contributed by atoms with Gasteiger partial charge in [-0.25, -0.2) is 0 Å². The number of hydrogen-bond acceptors (Lipinski definition) is 8. The van der Waals surface area contributed by atoms with Crippen molar-refractivity contribution in [2.24, 2.45) is 0 Å². The van der Waals surface area contributed by atoms with Crippen LogP contribution in [0.2, 0.25) is 0 Å². The quantitative estimate of drug-likeness (QED) is 0.0211. The molecule has 2 unspecified atom stereocenters. The van der Waals surface area contributed by atoms with Crippen molar-refractivity contribution in [1.82, 2.24) is 0 Å². The molecule has 1 N–H and O–H groups in total. The molecule has 0 aliphatic carbocycles. The standard InChI is InChI=1S/C42H80NO4.C41H77NO4/c1-6-8-10-12-14-16-18-20-22-24-26-28-30-32-34-36-41(44)46-39-40(38-43(3,4)5)47-42(45)37-35-33-31-29-27-25-23-21-19-17-15-13-11-9-7-2;1-5-7-9-11-13-15-17-19-21-23-25-27-29-31-33-35-40(43)45-38-39(37-42(3)4)46-41(44)36-34-32-30-28-26-24-22-20-18-16-14-12-10-8-6-2/h20-23,40H,6-19,24-39H2,1-5H3;19-22,39H,5-18,23-38H2,1-4H3/q+1;/p+1/b22-20-,23-21-;21-19-,22-20-. The van der Waals surface area contributed by atoms with E-state index in [0.29, 0.717) is 43.3 Å². The van der Waals surface area contributed by atoms with Gasteiger partial charge in [0.1, 0.15) is 26.3 Å². The third-order valence-corrected chi connectivity index (χ3v) is 17.4. The second-order valence-electron chi connectivity index (χ2n) is 28.8. The van der Waals surface area contributed by atoms with E-state index in [1.807, 2.05) is 14.1 Å². The molecule has 0 aromatic carbocycles. The Kier molecular flexibility index (Phi) is 73.6. The van der Waals surface area contributed by atoms with E-state index in [-0.39, 0.29) is 43.2 Å². The molecule has 0 bridgehead atoms. The molecule has 2 atom stereocenters. The highest BCUT2D eigenvalue weighted by molar-refractivity contribution is 5.71. The maximum atomic E-state index is 12.6. The van der Waals surface area contributed by atoms with Crippen LogP contribution in [-0.2, 0) is 38.1 Å². The van der Waals surface area contributed by atoms with Crippen molar-refractivity contribution in [2.75, 3.05) is 61.5 Å². The summed E-state index contributed by atoms with van der Waals surface area (Å²) >= 11 is 0. The number of esters is 4. The van der Waals surface area contributed by atoms with E-state index in [9.17, 15) is 19.2 Å². The minimum absolute atomic E-state index is 0.150. The number of nitrogens with zero attached hydrogens (tertiary/aromatic N) is 1. The molecule has 0 aromatic rings. The van der Waals surface area contributed by atoms with Gasteiger partial charge < -0.3 is 28.3 Å². The summed E-state index contributed by atoms with van der Waals surface area (Å²) in [6, 6.07) is 0. The molecule has 0 spiro atoms. The zero-order valence-corrected chi connectivity index (χ0v) is 63.4. The number of quaternary nitrogens is 2. The number of allylic oxidation sites excluding steroid dienone is 8. The average molecular weight is 1310 g/mol. The molecule has 0 amide bonds. The van der Waals surface area contributed by atoms with Gasteiger partial charge in [0.2, 0.25) is 0 Å². The lowest BCUT2D eigenvalue weighted by molar-refractivity contribution is -0.873. The van der Waals surface area contributed by atoms with Crippen molar-refractivity contribution in [3.63, 3.8) is 0 Å². The lowest BCUT2D eigenvalue weighted by atomic mass is 10.1. The Hall–Kier alpha value is -3.24. The molecule has 0 saturated carbocycles. The third kappa shape index (κ3) is 79.4. The summed E-state index contributed by atoms with van der Waals surface area (Å²) in [6.07, 6.45) is 84.2. The maximum absolute atomic E-state index is 12.6. The van der Waals surface area contributed by atoms with E-state index in [4.69, 9.17) is 18.9 Å². The van der Waals surface area contributed by atoms with Crippen LogP contribution >= 0.6 is 0 Å². The van der Waals surface area contributed by atoms with Crippen LogP contribution in [0.15, 0.2) is 48.6 Å². The highest BCUT2D eigenvalue weighted by atomic mass is 16.6. The molecular weight excluding hydrogens is 1150 g/mol. The molecule has 0 fully saturated rings. The van der Waals surface area contributed by atoms with E-state index in [1.165, 1.54) is 268 Å². The van der Waals surface area contributed by atoms with Crippen LogP contribution in [0.5, 0.6) is 0 Å². The van der Waals surface area contributed by atoms with Gasteiger partial charge in [-0.15, -0.1) is 0 Å². The van der Waals surface area contributed by atoms with Crippen molar-refractivity contribution >= 4 is 23.9 Å². The van der Waals surface area contributed by atoms with Gasteiger partial charge in [0, 0.05) is 25.7 Å². The first-order valence-electron chi connectivity index (χ1n) is 40.2. The minimum Gasteiger partial charge on any atom is -0.461 e. The van der Waals surface area contributed by atoms with Gasteiger partial charge in [-0.2, -0.15) is 0 Å². The van der Waals surface area contributed by atoms with E-state index < -0.39 is 6.10 Å². The van der Waals surface area contributed by atoms with Gasteiger partial charge in [0.15, 0.2) is 12.2 Å². The number of likely N-dealkylation sites (N-methyl/N-ethyl adjacent to an activating group) is 2. The number of carbonyl (C=O) groups excluding carboxylic acids is 4. The Morgan fingerprint density at radius 3 is 0.731 bits per heavy atom. The first kappa shape index (κ1) is 91.8. The predicted octanol–water partition coefficient (Wildman–Crippen LogP) is 22.9. The van der Waals surface area contributed by atoms with E-state index in [0.717, 1.165) is 70.6 Å². The lowest BCUT2D eigenvalue weighted by Gasteiger charge is -2.28. The fourth-order valence-corrected chi connectivity index (χ4v) is 11.7. The summed E-state index contributed by atoms with van der Waals surface area (Å²) in [7, 11) is 10.3. The summed E-state index contributed by atoms with van der Waals surface area (Å²) in [4.78, 5) is 50.9. The second kappa shape index (κ2) is 74.5. The van der Waals surface area contributed by atoms with Gasteiger partial charge in [0.05, 0.1) is 35.2 Å². The van der Waals surface area contributed by atoms with Crippen LogP contribution in [0.1, 0.15) is 387 Å². The van der Waals surface area contributed by atoms with Crippen LogP contribution < -0.4 is 4.90 Å². The van der Waals surface area contributed by atoms with E-state index in [1.54, 1.807) is 0 Å². The van der Waals surface area contributed by atoms with Crippen LogP contribution in [0, 0.1) is 0 Å². The first-order valence-corrected chi connectivity index (χ1v) is 40.2. The highest BCUT2D eigenvalue weighted by Crippen LogP contribution is 2.17. The van der Waals surface area contributed by atoms with Gasteiger partial charge in [-0.05, 0) is 128 Å². The van der Waals surface area contributed by atoms with Gasteiger partial charge in [-0.1, -0.05) is 282 Å². The summed E-state index contributed by atoms with van der Waals surface area (Å²) in [5.74, 6) is -0.696. The molecule has 0 radical (unpaired) electrons. The van der Waals surface area contributed by atoms with Crippen LogP contribution in [-0.4, -0.2) is 102 Å². The number of ether oxygens (including phenoxy) is 4. The summed E-state index contributed by atoms with van der Waals surface area (Å²) in [6.45, 7) is 10.6. The van der Waals surface area contributed by atoms with Gasteiger partial charge >= 0.3 is 23.9 Å². The summed E-state index contributed by atoms with van der Waals surface area (Å²) in [5.41, 5.74) is 0. The number of rotatable bonds is 70. The normalized spacial score (nSPS) is 12.6. The molecule has 10 heteroatoms. The SMILES string of the molecule is CCCCCCCC/C=C\CCCCCCCC(=O)OCC(C[N+](C)(C)C)OC(=O)CCCCCCC/C=C\CCCCCCCC.CCCCCCCC/C=C\CCCCCCCC(=O)OCC(C[NH+](C)C)OC(=O)CCCCCCC/C=C\CCCCCCCC. The number of carbonyl (C=O) groups is 4. The molecule has 0 aliphatic rings. The number of nitrogens with one attached hydrogen (secondary N) is 1. The smallest absolute Gasteiger partial charge is 0.306 e. The van der Waals surface area contributed by atoms with Crippen LogP contribution in [0.25, 0.3) is 0 Å². The van der Waals surface area contributed by atoms with Gasteiger partial charge in [0.25, 0.3) is 0 Å². The largest absolute Gasteiger partial charge is 0.461 e. The molecular formula is C83H158N2O8+2. The van der Waals surface area contributed by atoms with Crippen molar-refractivity contribution in [3.8, 4) is 0 Å². The fraction of sp³-hybridized carbons (Fsp3) is 0.855. The summed E-state index contributed by atoms with van der Waals surface area (Å²) < 4.78 is 23.2. The molecule has 546 valence electrons. The fourth-order valence-electron chi connectivity index (χ4n) is 11.7. The minimum atomic E-state index is -0.399.